The predicted molar refractivity (Wildman–Crippen MR) is 88.6 cm³/mol. The summed E-state index contributed by atoms with van der Waals surface area (Å²) >= 11 is 0. The van der Waals surface area contributed by atoms with Gasteiger partial charge in [-0.2, -0.15) is 5.10 Å². The molecule has 2 aromatic rings. The number of amides is 1. The van der Waals surface area contributed by atoms with Crippen molar-refractivity contribution in [3.63, 3.8) is 0 Å². The summed E-state index contributed by atoms with van der Waals surface area (Å²) in [6.45, 7) is 2.04. The summed E-state index contributed by atoms with van der Waals surface area (Å²) in [7, 11) is 3.74. The highest BCUT2D eigenvalue weighted by Gasteiger charge is 2.20. The van der Waals surface area contributed by atoms with Crippen LogP contribution in [-0.4, -0.2) is 54.3 Å². The van der Waals surface area contributed by atoms with Crippen molar-refractivity contribution in [2.75, 3.05) is 27.2 Å². The number of rotatable bonds is 4. The van der Waals surface area contributed by atoms with Gasteiger partial charge >= 0.3 is 0 Å². The second-order valence-corrected chi connectivity index (χ2v) is 5.95. The molecule has 6 heteroatoms. The van der Waals surface area contributed by atoms with Crippen molar-refractivity contribution in [1.29, 1.82) is 0 Å². The number of aromatic amines is 1. The summed E-state index contributed by atoms with van der Waals surface area (Å²) in [4.78, 5) is 14.6. The van der Waals surface area contributed by atoms with Crippen molar-refractivity contribution in [1.82, 2.24) is 20.4 Å². The normalized spacial score (nSPS) is 16.3. The van der Waals surface area contributed by atoms with Gasteiger partial charge in [-0.15, -0.1) is 0 Å². The van der Waals surface area contributed by atoms with Crippen LogP contribution >= 0.6 is 0 Å². The molecule has 0 atom stereocenters. The summed E-state index contributed by atoms with van der Waals surface area (Å²) in [6, 6.07) is 9.63. The van der Waals surface area contributed by atoms with Gasteiger partial charge in [0.25, 0.3) is 5.91 Å². The van der Waals surface area contributed by atoms with Gasteiger partial charge in [-0.25, -0.2) is 0 Å². The van der Waals surface area contributed by atoms with Crippen molar-refractivity contribution in [3.8, 4) is 17.0 Å². The zero-order valence-corrected chi connectivity index (χ0v) is 13.5. The van der Waals surface area contributed by atoms with Crippen molar-refractivity contribution >= 4 is 5.91 Å². The van der Waals surface area contributed by atoms with E-state index in [-0.39, 0.29) is 11.9 Å². The average molecular weight is 314 g/mol. The van der Waals surface area contributed by atoms with E-state index in [1.807, 2.05) is 24.3 Å². The van der Waals surface area contributed by atoms with Crippen LogP contribution in [-0.2, 0) is 0 Å². The van der Waals surface area contributed by atoms with E-state index in [9.17, 15) is 4.79 Å². The Balaban J connectivity index is 1.64. The molecule has 0 radical (unpaired) electrons. The third-order valence-electron chi connectivity index (χ3n) is 4.26. The molecule has 6 nitrogen and oxygen atoms in total. The van der Waals surface area contributed by atoms with Crippen molar-refractivity contribution < 1.29 is 9.53 Å². The number of nitrogens with one attached hydrogen (secondary N) is 2. The van der Waals surface area contributed by atoms with Crippen molar-refractivity contribution in [2.45, 2.75) is 18.9 Å². The van der Waals surface area contributed by atoms with Crippen LogP contribution in [0.15, 0.2) is 30.3 Å². The Morgan fingerprint density at radius 3 is 2.65 bits per heavy atom. The van der Waals surface area contributed by atoms with Crippen LogP contribution in [0.5, 0.6) is 5.75 Å². The zero-order valence-electron chi connectivity index (χ0n) is 13.5. The molecular formula is C17H22N4O2. The molecule has 0 bridgehead atoms. The summed E-state index contributed by atoms with van der Waals surface area (Å²) in [5.41, 5.74) is 2.19. The van der Waals surface area contributed by atoms with Crippen molar-refractivity contribution in [3.05, 3.63) is 36.0 Å². The fourth-order valence-electron chi connectivity index (χ4n) is 2.76. The monoisotopic (exact) mass is 314 g/mol. The molecule has 122 valence electrons. The first-order chi connectivity index (χ1) is 11.2. The van der Waals surface area contributed by atoms with E-state index in [0.717, 1.165) is 42.9 Å². The number of benzene rings is 1. The van der Waals surface area contributed by atoms with Crippen LogP contribution in [0.25, 0.3) is 11.3 Å². The molecule has 1 aliphatic heterocycles. The number of hydrogen-bond acceptors (Lipinski definition) is 4. The van der Waals surface area contributed by atoms with Crippen molar-refractivity contribution in [2.24, 2.45) is 0 Å². The van der Waals surface area contributed by atoms with E-state index >= 15 is 0 Å². The number of ether oxygens (including phenoxy) is 1. The molecule has 0 spiro atoms. The minimum absolute atomic E-state index is 0.0909. The number of nitrogens with zero attached hydrogens (tertiary/aromatic N) is 2. The van der Waals surface area contributed by atoms with E-state index in [1.54, 1.807) is 13.2 Å². The molecule has 0 saturated carbocycles. The summed E-state index contributed by atoms with van der Waals surface area (Å²) < 4.78 is 5.14. The Morgan fingerprint density at radius 1 is 1.30 bits per heavy atom. The Kier molecular flexibility index (Phi) is 4.62. The lowest BCUT2D eigenvalue weighted by molar-refractivity contribution is 0.0912. The van der Waals surface area contributed by atoms with E-state index in [1.165, 1.54) is 0 Å². The van der Waals surface area contributed by atoms with Gasteiger partial charge in [-0.05, 0) is 63.3 Å². The quantitative estimate of drug-likeness (QED) is 0.904. The van der Waals surface area contributed by atoms with E-state index in [4.69, 9.17) is 4.74 Å². The second-order valence-electron chi connectivity index (χ2n) is 5.95. The third kappa shape index (κ3) is 3.71. The highest BCUT2D eigenvalue weighted by atomic mass is 16.5. The van der Waals surface area contributed by atoms with Gasteiger partial charge < -0.3 is 15.0 Å². The number of likely N-dealkylation sites (tertiary alicyclic amines) is 1. The van der Waals surface area contributed by atoms with Crippen LogP contribution in [0.4, 0.5) is 0 Å². The Bertz CT molecular complexity index is 657. The molecule has 1 aromatic heterocycles. The molecule has 0 aliphatic carbocycles. The number of hydrogen-bond donors (Lipinski definition) is 2. The van der Waals surface area contributed by atoms with E-state index < -0.39 is 0 Å². The molecule has 1 amide bonds. The Labute approximate surface area is 135 Å². The highest BCUT2D eigenvalue weighted by molar-refractivity contribution is 5.93. The zero-order chi connectivity index (χ0) is 16.2. The molecule has 2 N–H and O–H groups in total. The molecule has 3 rings (SSSR count). The molecule has 1 fully saturated rings. The SMILES string of the molecule is COc1ccc(-c2cc(C(=O)NC3CCN(C)CC3)[nH]n2)cc1. The smallest absolute Gasteiger partial charge is 0.269 e. The van der Waals surface area contributed by atoms with Gasteiger partial charge in [0.1, 0.15) is 11.4 Å². The average Bonchev–Trinajstić information content (AvgIpc) is 3.07. The molecule has 2 heterocycles. The maximum absolute atomic E-state index is 12.3. The topological polar surface area (TPSA) is 70.2 Å². The summed E-state index contributed by atoms with van der Waals surface area (Å²) in [6.07, 6.45) is 1.98. The lowest BCUT2D eigenvalue weighted by Crippen LogP contribution is -2.43. The highest BCUT2D eigenvalue weighted by Crippen LogP contribution is 2.21. The first-order valence-electron chi connectivity index (χ1n) is 7.85. The van der Waals surface area contributed by atoms with Crippen LogP contribution < -0.4 is 10.1 Å². The van der Waals surface area contributed by atoms with Crippen LogP contribution in [0, 0.1) is 0 Å². The molecule has 23 heavy (non-hydrogen) atoms. The number of carbonyl (C=O) groups excluding carboxylic acids is 1. The number of carbonyl (C=O) groups is 1. The fourth-order valence-corrected chi connectivity index (χ4v) is 2.76. The first kappa shape index (κ1) is 15.6. The van der Waals surface area contributed by atoms with Gasteiger partial charge in [0, 0.05) is 11.6 Å². The standard InChI is InChI=1S/C17H22N4O2/c1-21-9-7-13(8-10-21)18-17(22)16-11-15(19-20-16)12-3-5-14(23-2)6-4-12/h3-6,11,13H,7-10H2,1-2H3,(H,18,22)(H,19,20). The van der Waals surface area contributed by atoms with E-state index in [0.29, 0.717) is 5.69 Å². The Morgan fingerprint density at radius 2 is 2.00 bits per heavy atom. The molecule has 1 saturated heterocycles. The largest absolute Gasteiger partial charge is 0.497 e. The summed E-state index contributed by atoms with van der Waals surface area (Å²) in [5.74, 6) is 0.705. The third-order valence-corrected chi connectivity index (χ3v) is 4.26. The number of methoxy groups -OCH3 is 1. The van der Waals surface area contributed by atoms with Crippen LogP contribution in [0.2, 0.25) is 0 Å². The van der Waals surface area contributed by atoms with Gasteiger partial charge in [-0.3, -0.25) is 9.89 Å². The first-order valence-corrected chi connectivity index (χ1v) is 7.85. The van der Waals surface area contributed by atoms with E-state index in [2.05, 4.69) is 27.5 Å². The second kappa shape index (κ2) is 6.83. The maximum Gasteiger partial charge on any atom is 0.269 e. The van der Waals surface area contributed by atoms with Crippen LogP contribution in [0.1, 0.15) is 23.3 Å². The minimum atomic E-state index is -0.0909. The number of piperidine rings is 1. The lowest BCUT2D eigenvalue weighted by atomic mass is 10.1. The van der Waals surface area contributed by atoms with Gasteiger partial charge in [-0.1, -0.05) is 0 Å². The lowest BCUT2D eigenvalue weighted by Gasteiger charge is -2.29. The van der Waals surface area contributed by atoms with Gasteiger partial charge in [0.2, 0.25) is 0 Å². The minimum Gasteiger partial charge on any atom is -0.497 e. The Hall–Kier alpha value is -2.34. The summed E-state index contributed by atoms with van der Waals surface area (Å²) in [5, 5.41) is 10.1. The molecule has 0 unspecified atom stereocenters. The number of aromatic nitrogens is 2. The van der Waals surface area contributed by atoms with Gasteiger partial charge in [0.15, 0.2) is 0 Å². The number of H-pyrrole nitrogens is 1. The molecule has 1 aliphatic rings. The van der Waals surface area contributed by atoms with Gasteiger partial charge in [0.05, 0.1) is 12.8 Å². The fraction of sp³-hybridized carbons (Fsp3) is 0.412. The maximum atomic E-state index is 12.3. The predicted octanol–water partition coefficient (Wildman–Crippen LogP) is 1.91. The molecule has 1 aromatic carbocycles. The van der Waals surface area contributed by atoms with Crippen LogP contribution in [0.3, 0.4) is 0 Å². The molecular weight excluding hydrogens is 292 g/mol.